The van der Waals surface area contributed by atoms with Crippen molar-refractivity contribution in [3.8, 4) is 44.5 Å². The van der Waals surface area contributed by atoms with Crippen LogP contribution in [0.25, 0.3) is 99.3 Å². The quantitative estimate of drug-likeness (QED) is 0.161. The van der Waals surface area contributed by atoms with Gasteiger partial charge in [0, 0.05) is 62.9 Å². The minimum Gasteiger partial charge on any atom is -0.455 e. The lowest BCUT2D eigenvalue weighted by Crippen LogP contribution is -2.09. The van der Waals surface area contributed by atoms with Crippen LogP contribution in [0.2, 0.25) is 0 Å². The molecule has 5 nitrogen and oxygen atoms in total. The normalized spacial score (nSPS) is 11.6. The van der Waals surface area contributed by atoms with Crippen LogP contribution in [0.4, 0.5) is 17.1 Å². The van der Waals surface area contributed by atoms with E-state index in [2.05, 4.69) is 167 Å². The molecule has 8 aromatic carbocycles. The smallest absolute Gasteiger partial charge is 0.161 e. The summed E-state index contributed by atoms with van der Waals surface area (Å²) in [5.74, 6) is 0. The molecule has 286 valence electrons. The first-order chi connectivity index (χ1) is 30.2. The fraction of sp³-hybridized carbons (Fsp3) is 0. The van der Waals surface area contributed by atoms with Crippen LogP contribution < -0.4 is 4.90 Å². The molecule has 0 N–H and O–H groups in total. The maximum atomic E-state index is 6.39. The van der Waals surface area contributed by atoms with E-state index >= 15 is 0 Å². The van der Waals surface area contributed by atoms with Gasteiger partial charge < -0.3 is 13.7 Å². The minimum atomic E-state index is 0.790. The first-order valence-electron chi connectivity index (χ1n) is 20.5. The minimum absolute atomic E-state index is 0.790. The number of furan rings is 2. The van der Waals surface area contributed by atoms with Gasteiger partial charge in [0.15, 0.2) is 5.58 Å². The van der Waals surface area contributed by atoms with Gasteiger partial charge in [-0.05, 0) is 105 Å². The Hall–Kier alpha value is -8.28. The molecule has 0 bridgehead atoms. The van der Waals surface area contributed by atoms with Crippen molar-refractivity contribution in [2.24, 2.45) is 0 Å². The lowest BCUT2D eigenvalue weighted by Gasteiger charge is -2.26. The van der Waals surface area contributed by atoms with Crippen molar-refractivity contribution in [2.75, 3.05) is 4.90 Å². The average molecular weight is 782 g/mol. The Labute approximate surface area is 351 Å². The van der Waals surface area contributed by atoms with Crippen LogP contribution in [0, 0.1) is 0 Å². The molecule has 12 rings (SSSR count). The lowest BCUT2D eigenvalue weighted by atomic mass is 9.92. The number of hydrogen-bond donors (Lipinski definition) is 0. The zero-order valence-electron chi connectivity index (χ0n) is 32.9. The summed E-state index contributed by atoms with van der Waals surface area (Å²) in [5.41, 5.74) is 16.1. The Balaban J connectivity index is 0.950. The van der Waals surface area contributed by atoms with Crippen LogP contribution >= 0.6 is 0 Å². The third-order valence-corrected chi connectivity index (χ3v) is 11.9. The molecule has 0 atom stereocenters. The number of anilines is 3. The van der Waals surface area contributed by atoms with Crippen molar-refractivity contribution in [1.29, 1.82) is 0 Å². The van der Waals surface area contributed by atoms with Gasteiger partial charge in [-0.1, -0.05) is 133 Å². The Morgan fingerprint density at radius 1 is 0.328 bits per heavy atom. The summed E-state index contributed by atoms with van der Waals surface area (Å²) in [5, 5.41) is 5.55. The highest BCUT2D eigenvalue weighted by atomic mass is 16.3. The van der Waals surface area contributed by atoms with Gasteiger partial charge >= 0.3 is 0 Å². The Bertz CT molecular complexity index is 3410. The van der Waals surface area contributed by atoms with E-state index in [4.69, 9.17) is 8.83 Å². The van der Waals surface area contributed by atoms with Gasteiger partial charge in [-0.25, -0.2) is 0 Å². The molecule has 0 amide bonds. The Morgan fingerprint density at radius 3 is 1.43 bits per heavy atom. The number of para-hydroxylation sites is 2. The van der Waals surface area contributed by atoms with E-state index in [0.29, 0.717) is 0 Å². The molecule has 12 aromatic rings. The molecule has 0 aliphatic rings. The molecule has 0 aliphatic heterocycles. The van der Waals surface area contributed by atoms with Gasteiger partial charge in [-0.15, -0.1) is 0 Å². The molecule has 4 aromatic heterocycles. The number of rotatable bonds is 7. The molecule has 0 spiro atoms. The Morgan fingerprint density at radius 2 is 0.803 bits per heavy atom. The number of aromatic nitrogens is 2. The van der Waals surface area contributed by atoms with Crippen molar-refractivity contribution < 1.29 is 8.83 Å². The highest BCUT2D eigenvalue weighted by molar-refractivity contribution is 6.10. The van der Waals surface area contributed by atoms with Crippen LogP contribution in [0.1, 0.15) is 0 Å². The van der Waals surface area contributed by atoms with Gasteiger partial charge in [0.2, 0.25) is 0 Å². The molecule has 0 radical (unpaired) electrons. The molecule has 0 unspecified atom stereocenters. The standard InChI is InChI=1S/C56H35N3O2/c1-2-10-36(11-3-1)43-30-31-44(47-13-5-4-12-46(43)47)37-18-24-40(25-19-37)59(41-26-20-38(21-27-41)45-32-33-58-54-49-15-7-9-17-53(49)61-56(45)54)42-28-22-39(23-29-42)50-34-57-35-51-48-14-6-8-16-52(48)60-55(50)51/h1-35H. The molecule has 5 heteroatoms. The van der Waals surface area contributed by atoms with Gasteiger partial charge in [0.1, 0.15) is 22.3 Å². The molecule has 61 heavy (non-hydrogen) atoms. The van der Waals surface area contributed by atoms with E-state index < -0.39 is 0 Å². The van der Waals surface area contributed by atoms with Crippen LogP contribution in [0.3, 0.4) is 0 Å². The zero-order valence-corrected chi connectivity index (χ0v) is 32.9. The number of hydrogen-bond acceptors (Lipinski definition) is 5. The van der Waals surface area contributed by atoms with Crippen LogP contribution in [0.15, 0.2) is 222 Å². The largest absolute Gasteiger partial charge is 0.455 e. The topological polar surface area (TPSA) is 55.3 Å². The van der Waals surface area contributed by atoms with Crippen molar-refractivity contribution in [1.82, 2.24) is 9.97 Å². The van der Waals surface area contributed by atoms with Crippen LogP contribution in [0.5, 0.6) is 0 Å². The molecular formula is C56H35N3O2. The first-order valence-corrected chi connectivity index (χ1v) is 20.5. The van der Waals surface area contributed by atoms with Crippen molar-refractivity contribution in [2.45, 2.75) is 0 Å². The summed E-state index contributed by atoms with van der Waals surface area (Å²) in [7, 11) is 0. The monoisotopic (exact) mass is 781 g/mol. The molecule has 0 aliphatic carbocycles. The number of nitrogens with zero attached hydrogens (tertiary/aromatic N) is 3. The maximum Gasteiger partial charge on any atom is 0.161 e. The van der Waals surface area contributed by atoms with Crippen molar-refractivity contribution in [3.63, 3.8) is 0 Å². The third-order valence-electron chi connectivity index (χ3n) is 11.9. The summed E-state index contributed by atoms with van der Waals surface area (Å²) in [6, 6.07) is 68.3. The summed E-state index contributed by atoms with van der Waals surface area (Å²) in [4.78, 5) is 11.6. The average Bonchev–Trinajstić information content (AvgIpc) is 3.91. The fourth-order valence-electron chi connectivity index (χ4n) is 8.91. The second-order valence-electron chi connectivity index (χ2n) is 15.3. The zero-order chi connectivity index (χ0) is 40.3. The fourth-order valence-corrected chi connectivity index (χ4v) is 8.91. The molecule has 0 saturated carbocycles. The predicted octanol–water partition coefficient (Wildman–Crippen LogP) is 15.6. The van der Waals surface area contributed by atoms with Crippen LogP contribution in [-0.2, 0) is 0 Å². The van der Waals surface area contributed by atoms with Gasteiger partial charge in [0.05, 0.1) is 0 Å². The first kappa shape index (κ1) is 34.7. The molecular weight excluding hydrogens is 747 g/mol. The van der Waals surface area contributed by atoms with E-state index in [1.807, 2.05) is 61.1 Å². The van der Waals surface area contributed by atoms with Crippen molar-refractivity contribution in [3.05, 3.63) is 213 Å². The number of benzene rings is 8. The van der Waals surface area contributed by atoms with Crippen molar-refractivity contribution >= 4 is 71.8 Å². The highest BCUT2D eigenvalue weighted by Gasteiger charge is 2.18. The van der Waals surface area contributed by atoms with E-state index in [9.17, 15) is 0 Å². The number of fused-ring (bicyclic) bond motifs is 7. The summed E-state index contributed by atoms with van der Waals surface area (Å²) in [6.07, 6.45) is 5.64. The maximum absolute atomic E-state index is 6.39. The number of pyridine rings is 2. The van der Waals surface area contributed by atoms with E-state index in [0.717, 1.165) is 88.9 Å². The second kappa shape index (κ2) is 14.2. The van der Waals surface area contributed by atoms with Gasteiger partial charge in [-0.3, -0.25) is 9.97 Å². The van der Waals surface area contributed by atoms with E-state index in [1.165, 1.54) is 27.5 Å². The lowest BCUT2D eigenvalue weighted by molar-refractivity contribution is 0.669. The predicted molar refractivity (Wildman–Crippen MR) is 251 cm³/mol. The summed E-state index contributed by atoms with van der Waals surface area (Å²) < 4.78 is 12.8. The third kappa shape index (κ3) is 5.86. The van der Waals surface area contributed by atoms with Gasteiger partial charge in [0.25, 0.3) is 0 Å². The second-order valence-corrected chi connectivity index (χ2v) is 15.3. The van der Waals surface area contributed by atoms with E-state index in [1.54, 1.807) is 0 Å². The highest BCUT2D eigenvalue weighted by Crippen LogP contribution is 2.42. The van der Waals surface area contributed by atoms with Crippen LogP contribution in [-0.4, -0.2) is 9.97 Å². The molecule has 0 saturated heterocycles. The van der Waals surface area contributed by atoms with E-state index in [-0.39, 0.29) is 0 Å². The van der Waals surface area contributed by atoms with Gasteiger partial charge in [-0.2, -0.15) is 0 Å². The summed E-state index contributed by atoms with van der Waals surface area (Å²) >= 11 is 0. The SMILES string of the molecule is c1ccc(-c2ccc(-c3ccc(N(c4ccc(-c5cncc6c5oc5ccccc56)cc4)c4ccc(-c5ccnc6c5oc5ccccc56)cc4)cc3)c3ccccc23)cc1. The Kier molecular flexibility index (Phi) is 8.10. The summed E-state index contributed by atoms with van der Waals surface area (Å²) in [6.45, 7) is 0. The molecule has 4 heterocycles. The molecule has 0 fully saturated rings.